The first-order chi connectivity index (χ1) is 10.1. The van der Waals surface area contributed by atoms with E-state index in [1.807, 2.05) is 21.7 Å². The second kappa shape index (κ2) is 6.13. The highest BCUT2D eigenvalue weighted by Gasteiger charge is 2.37. The van der Waals surface area contributed by atoms with Crippen molar-refractivity contribution >= 4 is 21.8 Å². The molecule has 2 saturated heterocycles. The SMILES string of the molecule is CCn1cc(Br)cc1C(=O)N1CCC2(CCNCC2)CC1. The van der Waals surface area contributed by atoms with E-state index in [-0.39, 0.29) is 5.91 Å². The van der Waals surface area contributed by atoms with Crippen LogP contribution in [0.15, 0.2) is 16.7 Å². The van der Waals surface area contributed by atoms with E-state index >= 15 is 0 Å². The second-order valence-corrected chi connectivity index (χ2v) is 7.29. The molecule has 21 heavy (non-hydrogen) atoms. The Balaban J connectivity index is 1.67. The van der Waals surface area contributed by atoms with Gasteiger partial charge in [-0.25, -0.2) is 0 Å². The van der Waals surface area contributed by atoms with Crippen molar-refractivity contribution in [2.24, 2.45) is 5.41 Å². The molecule has 1 aromatic rings. The fourth-order valence-corrected chi connectivity index (χ4v) is 4.18. The molecule has 0 aromatic carbocycles. The van der Waals surface area contributed by atoms with E-state index in [0.29, 0.717) is 5.41 Å². The summed E-state index contributed by atoms with van der Waals surface area (Å²) in [5.41, 5.74) is 1.31. The molecule has 0 saturated carbocycles. The summed E-state index contributed by atoms with van der Waals surface area (Å²) in [4.78, 5) is 14.8. The minimum Gasteiger partial charge on any atom is -0.343 e. The topological polar surface area (TPSA) is 37.3 Å². The van der Waals surface area contributed by atoms with Crippen molar-refractivity contribution in [3.63, 3.8) is 0 Å². The standard InChI is InChI=1S/C16H24BrN3O/c1-2-19-12-13(17)11-14(19)15(21)20-9-5-16(6-10-20)3-7-18-8-4-16/h11-12,18H,2-10H2,1H3. The third-order valence-electron chi connectivity index (χ3n) is 5.20. The maximum absolute atomic E-state index is 12.7. The highest BCUT2D eigenvalue weighted by molar-refractivity contribution is 9.10. The molecule has 1 N–H and O–H groups in total. The third-order valence-corrected chi connectivity index (χ3v) is 5.63. The van der Waals surface area contributed by atoms with Crippen molar-refractivity contribution in [3.05, 3.63) is 22.4 Å². The molecule has 0 atom stereocenters. The smallest absolute Gasteiger partial charge is 0.270 e. The number of carbonyl (C=O) groups is 1. The van der Waals surface area contributed by atoms with Gasteiger partial charge in [-0.15, -0.1) is 0 Å². The summed E-state index contributed by atoms with van der Waals surface area (Å²) < 4.78 is 3.01. The number of rotatable bonds is 2. The lowest BCUT2D eigenvalue weighted by Crippen LogP contribution is -2.47. The summed E-state index contributed by atoms with van der Waals surface area (Å²) in [7, 11) is 0. The molecule has 0 radical (unpaired) electrons. The van der Waals surface area contributed by atoms with Crippen LogP contribution in [-0.4, -0.2) is 41.6 Å². The highest BCUT2D eigenvalue weighted by atomic mass is 79.9. The Morgan fingerprint density at radius 1 is 1.29 bits per heavy atom. The van der Waals surface area contributed by atoms with Crippen LogP contribution in [-0.2, 0) is 6.54 Å². The monoisotopic (exact) mass is 353 g/mol. The number of carbonyl (C=O) groups excluding carboxylic acids is 1. The van der Waals surface area contributed by atoms with Gasteiger partial charge in [0, 0.05) is 30.3 Å². The zero-order valence-corrected chi connectivity index (χ0v) is 14.3. The van der Waals surface area contributed by atoms with Crippen LogP contribution in [0.4, 0.5) is 0 Å². The summed E-state index contributed by atoms with van der Waals surface area (Å²) in [6, 6.07) is 1.95. The highest BCUT2D eigenvalue weighted by Crippen LogP contribution is 2.39. The maximum Gasteiger partial charge on any atom is 0.270 e. The van der Waals surface area contributed by atoms with Gasteiger partial charge >= 0.3 is 0 Å². The van der Waals surface area contributed by atoms with Crippen LogP contribution < -0.4 is 5.32 Å². The van der Waals surface area contributed by atoms with E-state index in [2.05, 4.69) is 28.2 Å². The van der Waals surface area contributed by atoms with Crippen LogP contribution in [0.25, 0.3) is 0 Å². The van der Waals surface area contributed by atoms with Gasteiger partial charge in [0.2, 0.25) is 0 Å². The van der Waals surface area contributed by atoms with Crippen molar-refractivity contribution in [2.75, 3.05) is 26.2 Å². The van der Waals surface area contributed by atoms with Crippen LogP contribution in [0.5, 0.6) is 0 Å². The number of amides is 1. The Bertz CT molecular complexity index is 510. The van der Waals surface area contributed by atoms with Gasteiger partial charge in [-0.1, -0.05) is 0 Å². The van der Waals surface area contributed by atoms with Crippen LogP contribution in [0, 0.1) is 5.41 Å². The number of halogens is 1. The normalized spacial score (nSPS) is 21.7. The number of hydrogen-bond donors (Lipinski definition) is 1. The number of hydrogen-bond acceptors (Lipinski definition) is 2. The molecule has 116 valence electrons. The van der Waals surface area contributed by atoms with Gasteiger partial charge in [-0.3, -0.25) is 4.79 Å². The number of likely N-dealkylation sites (tertiary alicyclic amines) is 1. The molecule has 0 bridgehead atoms. The number of aromatic nitrogens is 1. The molecule has 4 nitrogen and oxygen atoms in total. The van der Waals surface area contributed by atoms with Crippen LogP contribution in [0.3, 0.4) is 0 Å². The zero-order chi connectivity index (χ0) is 14.9. The quantitative estimate of drug-likeness (QED) is 0.887. The molecule has 1 aromatic heterocycles. The lowest BCUT2D eigenvalue weighted by molar-refractivity contribution is 0.0487. The van der Waals surface area contributed by atoms with Crippen molar-refractivity contribution in [1.29, 1.82) is 0 Å². The first-order valence-electron chi connectivity index (χ1n) is 7.99. The van der Waals surface area contributed by atoms with E-state index in [9.17, 15) is 4.79 Å². The molecular formula is C16H24BrN3O. The molecular weight excluding hydrogens is 330 g/mol. The predicted molar refractivity (Wildman–Crippen MR) is 87.5 cm³/mol. The Morgan fingerprint density at radius 2 is 1.95 bits per heavy atom. The van der Waals surface area contributed by atoms with Crippen molar-refractivity contribution in [2.45, 2.75) is 39.2 Å². The molecule has 3 rings (SSSR count). The molecule has 0 unspecified atom stereocenters. The van der Waals surface area contributed by atoms with E-state index in [1.54, 1.807) is 0 Å². The Hall–Kier alpha value is -0.810. The summed E-state index contributed by atoms with van der Waals surface area (Å²) >= 11 is 3.48. The minimum atomic E-state index is 0.186. The van der Waals surface area contributed by atoms with E-state index in [4.69, 9.17) is 0 Å². The van der Waals surface area contributed by atoms with Gasteiger partial charge in [-0.2, -0.15) is 0 Å². The maximum atomic E-state index is 12.7. The van der Waals surface area contributed by atoms with Crippen LogP contribution in [0.1, 0.15) is 43.1 Å². The summed E-state index contributed by atoms with van der Waals surface area (Å²) in [5.74, 6) is 0.186. The lowest BCUT2D eigenvalue weighted by atomic mass is 9.71. The number of aryl methyl sites for hydroxylation is 1. The molecule has 2 aliphatic heterocycles. The fourth-order valence-electron chi connectivity index (χ4n) is 3.72. The van der Waals surface area contributed by atoms with E-state index in [1.165, 1.54) is 12.8 Å². The molecule has 1 amide bonds. The van der Waals surface area contributed by atoms with E-state index < -0.39 is 0 Å². The summed E-state index contributed by atoms with van der Waals surface area (Å²) in [6.45, 7) is 7.00. The van der Waals surface area contributed by atoms with Gasteiger partial charge in [0.1, 0.15) is 5.69 Å². The molecule has 2 aliphatic rings. The average Bonchev–Trinajstić information content (AvgIpc) is 2.89. The predicted octanol–water partition coefficient (Wildman–Crippen LogP) is 2.88. The molecule has 5 heteroatoms. The Morgan fingerprint density at radius 3 is 2.57 bits per heavy atom. The number of piperidine rings is 2. The van der Waals surface area contributed by atoms with Gasteiger partial charge in [0.25, 0.3) is 5.91 Å². The van der Waals surface area contributed by atoms with Gasteiger partial charge < -0.3 is 14.8 Å². The van der Waals surface area contributed by atoms with Crippen molar-refractivity contribution < 1.29 is 4.79 Å². The zero-order valence-electron chi connectivity index (χ0n) is 12.7. The minimum absolute atomic E-state index is 0.186. The van der Waals surface area contributed by atoms with Crippen LogP contribution >= 0.6 is 15.9 Å². The molecule has 3 heterocycles. The van der Waals surface area contributed by atoms with Crippen LogP contribution in [0.2, 0.25) is 0 Å². The van der Waals surface area contributed by atoms with Crippen molar-refractivity contribution in [1.82, 2.24) is 14.8 Å². The Labute approximate surface area is 135 Å². The Kier molecular flexibility index (Phi) is 4.41. The first-order valence-corrected chi connectivity index (χ1v) is 8.78. The molecule has 2 fully saturated rings. The van der Waals surface area contributed by atoms with Crippen molar-refractivity contribution in [3.8, 4) is 0 Å². The largest absolute Gasteiger partial charge is 0.343 e. The first kappa shape index (κ1) is 15.1. The summed E-state index contributed by atoms with van der Waals surface area (Å²) in [6.07, 6.45) is 6.85. The second-order valence-electron chi connectivity index (χ2n) is 6.37. The molecule has 0 aliphatic carbocycles. The van der Waals surface area contributed by atoms with E-state index in [0.717, 1.165) is 55.7 Å². The fraction of sp³-hybridized carbons (Fsp3) is 0.688. The third kappa shape index (κ3) is 3.04. The summed E-state index contributed by atoms with van der Waals surface area (Å²) in [5, 5.41) is 3.44. The average molecular weight is 354 g/mol. The molecule has 1 spiro atoms. The van der Waals surface area contributed by atoms with Gasteiger partial charge in [0.15, 0.2) is 0 Å². The van der Waals surface area contributed by atoms with Gasteiger partial charge in [0.05, 0.1) is 0 Å². The van der Waals surface area contributed by atoms with Gasteiger partial charge in [-0.05, 0) is 73.1 Å². The number of nitrogens with one attached hydrogen (secondary N) is 1. The lowest BCUT2D eigenvalue weighted by Gasteiger charge is -2.44. The number of nitrogens with zero attached hydrogens (tertiary/aromatic N) is 2.